The largest absolute Gasteiger partial charge is 0.344 e. The van der Waals surface area contributed by atoms with Gasteiger partial charge < -0.3 is 10.6 Å². The van der Waals surface area contributed by atoms with Gasteiger partial charge in [-0.3, -0.25) is 9.35 Å². The van der Waals surface area contributed by atoms with Crippen molar-refractivity contribution in [1.82, 2.24) is 0 Å². The molecule has 0 aliphatic carbocycles. The summed E-state index contributed by atoms with van der Waals surface area (Å²) in [6, 6.07) is 11.7. The second-order valence-corrected chi connectivity index (χ2v) is 14.7. The number of nitrogens with two attached hydrogens (primary N) is 1. The number of ketones is 1. The molecule has 0 saturated carbocycles. The van der Waals surface area contributed by atoms with Crippen LogP contribution in [0.25, 0.3) is 0 Å². The van der Waals surface area contributed by atoms with Crippen molar-refractivity contribution in [3.05, 3.63) is 77.0 Å². The number of allylic oxidation sites excluding steroid dienone is 4. The van der Waals surface area contributed by atoms with Crippen LogP contribution in [-0.4, -0.2) is 48.7 Å². The molecule has 4 rings (SSSR count). The molecule has 0 atom stereocenters. The van der Waals surface area contributed by atoms with Crippen LogP contribution in [0.5, 0.6) is 0 Å². The molecule has 7 nitrogen and oxygen atoms in total. The van der Waals surface area contributed by atoms with Crippen LogP contribution in [0.4, 0.5) is 11.4 Å². The molecule has 0 bridgehead atoms. The summed E-state index contributed by atoms with van der Waals surface area (Å²) in [6.07, 6.45) is 13.1. The van der Waals surface area contributed by atoms with Gasteiger partial charge in [-0.1, -0.05) is 57.7 Å². The van der Waals surface area contributed by atoms with Crippen LogP contribution in [0.1, 0.15) is 96.3 Å². The van der Waals surface area contributed by atoms with E-state index in [-0.39, 0.29) is 22.6 Å². The number of rotatable bonds is 14. The molecule has 0 spiro atoms. The summed E-state index contributed by atoms with van der Waals surface area (Å²) >= 11 is 0. The third-order valence-corrected chi connectivity index (χ3v) is 10.1. The van der Waals surface area contributed by atoms with Gasteiger partial charge in [-0.05, 0) is 69.5 Å². The fourth-order valence-corrected chi connectivity index (χ4v) is 7.27. The highest BCUT2D eigenvalue weighted by Crippen LogP contribution is 2.49. The predicted molar refractivity (Wildman–Crippen MR) is 180 cm³/mol. The number of hydrogen-bond acceptors (Lipinski definition) is 5. The van der Waals surface area contributed by atoms with Gasteiger partial charge in [-0.25, -0.2) is 0 Å². The summed E-state index contributed by atoms with van der Waals surface area (Å²) in [5, 5.41) is 0. The average Bonchev–Trinajstić information content (AvgIpc) is 3.30. The zero-order valence-corrected chi connectivity index (χ0v) is 28.1. The van der Waals surface area contributed by atoms with Gasteiger partial charge in [0, 0.05) is 53.9 Å². The average molecular weight is 621 g/mol. The first kappa shape index (κ1) is 33.8. The van der Waals surface area contributed by atoms with E-state index in [1.807, 2.05) is 6.07 Å². The normalized spacial score (nSPS) is 18.0. The lowest BCUT2D eigenvalue weighted by molar-refractivity contribution is -0.437. The zero-order valence-electron chi connectivity index (χ0n) is 27.3. The fraction of sp³-hybridized carbons (Fsp3) is 0.500. The third-order valence-electron chi connectivity index (χ3n) is 9.23. The standard InChI is InChI=1S/C36H49N3O4S/c1-7-21-38-31-19-17-26(2)23-29(31)35(3,4)33(38)15-13-16-34-36(5,6)30-24-28(44(41,42)43)18-20-32(30)39(34)22-12-10-8-9-11-14-27(40)25-37/h13,15-20,23-24H,7-12,14,21-22,25,37H2,1-6H3/p+1. The van der Waals surface area contributed by atoms with Gasteiger partial charge in [-0.15, -0.1) is 0 Å². The van der Waals surface area contributed by atoms with Gasteiger partial charge in [0.25, 0.3) is 10.1 Å². The molecule has 2 heterocycles. The van der Waals surface area contributed by atoms with E-state index >= 15 is 0 Å². The van der Waals surface area contributed by atoms with Crippen molar-refractivity contribution in [3.8, 4) is 0 Å². The maximum absolute atomic E-state index is 12.0. The molecule has 2 aromatic carbocycles. The number of nitrogens with zero attached hydrogens (tertiary/aromatic N) is 2. The molecule has 44 heavy (non-hydrogen) atoms. The molecule has 2 aliphatic heterocycles. The van der Waals surface area contributed by atoms with Gasteiger partial charge in [0.2, 0.25) is 5.69 Å². The minimum atomic E-state index is -4.32. The van der Waals surface area contributed by atoms with Crippen molar-refractivity contribution >= 4 is 33.0 Å². The van der Waals surface area contributed by atoms with Crippen molar-refractivity contribution < 1.29 is 22.3 Å². The summed E-state index contributed by atoms with van der Waals surface area (Å²) < 4.78 is 36.3. The summed E-state index contributed by atoms with van der Waals surface area (Å²) in [6.45, 7) is 15.0. The molecular weight excluding hydrogens is 570 g/mol. The molecule has 2 aliphatic rings. The van der Waals surface area contributed by atoms with E-state index in [0.29, 0.717) is 6.42 Å². The minimum Gasteiger partial charge on any atom is -0.344 e. The predicted octanol–water partition coefficient (Wildman–Crippen LogP) is 7.13. The van der Waals surface area contributed by atoms with Crippen LogP contribution in [-0.2, 0) is 25.7 Å². The number of fused-ring (bicyclic) bond motifs is 2. The summed E-state index contributed by atoms with van der Waals surface area (Å²) in [5.74, 6) is 0.115. The molecular formula is C36H50N3O4S+. The first-order chi connectivity index (χ1) is 20.7. The Kier molecular flexibility index (Phi) is 10.4. The highest BCUT2D eigenvalue weighted by Gasteiger charge is 2.44. The maximum Gasteiger partial charge on any atom is 0.294 e. The molecule has 0 fully saturated rings. The molecule has 0 amide bonds. The van der Waals surface area contributed by atoms with Crippen molar-refractivity contribution in [2.24, 2.45) is 5.73 Å². The Bertz CT molecular complexity index is 1600. The van der Waals surface area contributed by atoms with Crippen molar-refractivity contribution in [3.63, 3.8) is 0 Å². The molecule has 0 aromatic heterocycles. The van der Waals surface area contributed by atoms with Crippen LogP contribution >= 0.6 is 0 Å². The Morgan fingerprint density at radius 2 is 1.68 bits per heavy atom. The summed E-state index contributed by atoms with van der Waals surface area (Å²) in [5.41, 5.74) is 12.9. The zero-order chi connectivity index (χ0) is 32.3. The second kappa shape index (κ2) is 13.5. The lowest BCUT2D eigenvalue weighted by Crippen LogP contribution is -2.28. The number of carbonyl (C=O) groups excluding carboxylic acids is 1. The first-order valence-corrected chi connectivity index (χ1v) is 17.4. The van der Waals surface area contributed by atoms with Crippen molar-refractivity contribution in [2.75, 3.05) is 24.5 Å². The summed E-state index contributed by atoms with van der Waals surface area (Å²) in [7, 11) is -4.32. The molecule has 8 heteroatoms. The smallest absolute Gasteiger partial charge is 0.294 e. The van der Waals surface area contributed by atoms with Gasteiger partial charge in [0.1, 0.15) is 12.3 Å². The Labute approximate surface area is 264 Å². The fourth-order valence-electron chi connectivity index (χ4n) is 6.76. The molecule has 238 valence electrons. The maximum atomic E-state index is 12.0. The van der Waals surface area contributed by atoms with E-state index in [0.717, 1.165) is 68.6 Å². The number of unbranched alkanes of at least 4 members (excludes halogenated alkanes) is 4. The van der Waals surface area contributed by atoms with Crippen LogP contribution in [0, 0.1) is 6.92 Å². The van der Waals surface area contributed by atoms with Crippen LogP contribution in [0.2, 0.25) is 0 Å². The third kappa shape index (κ3) is 6.93. The molecule has 0 saturated heterocycles. The lowest BCUT2D eigenvalue weighted by Gasteiger charge is -2.27. The van der Waals surface area contributed by atoms with Gasteiger partial charge in [-0.2, -0.15) is 13.0 Å². The van der Waals surface area contributed by atoms with Crippen LogP contribution in [0.3, 0.4) is 0 Å². The number of aryl methyl sites for hydroxylation is 1. The Balaban J connectivity index is 1.64. The van der Waals surface area contributed by atoms with Gasteiger partial charge >= 0.3 is 0 Å². The van der Waals surface area contributed by atoms with E-state index < -0.39 is 15.5 Å². The van der Waals surface area contributed by atoms with Crippen molar-refractivity contribution in [2.45, 2.75) is 102 Å². The lowest BCUT2D eigenvalue weighted by atomic mass is 9.80. The molecule has 0 unspecified atom stereocenters. The number of benzene rings is 2. The SMILES string of the molecule is CCC[N+]1=C(/C=C/C=C2/N(CCCCCCCC(=O)CN)c3ccc(S(=O)(=O)O)cc3C2(C)C)C(C)(C)c2cc(C)ccc21. The number of carbonyl (C=O) groups is 1. The molecule has 0 radical (unpaired) electrons. The summed E-state index contributed by atoms with van der Waals surface area (Å²) in [4.78, 5) is 13.7. The van der Waals surface area contributed by atoms with E-state index in [4.69, 9.17) is 5.73 Å². The van der Waals surface area contributed by atoms with Crippen molar-refractivity contribution in [1.29, 1.82) is 0 Å². The first-order valence-electron chi connectivity index (χ1n) is 16.0. The van der Waals surface area contributed by atoms with E-state index in [2.05, 4.69) is 87.4 Å². The molecule has 2 aromatic rings. The highest BCUT2D eigenvalue weighted by molar-refractivity contribution is 7.85. The number of Topliss-reactive ketones (excluding diaryl/α,β-unsaturated/α-hetero) is 1. The van der Waals surface area contributed by atoms with Crippen LogP contribution < -0.4 is 10.6 Å². The van der Waals surface area contributed by atoms with E-state index in [9.17, 15) is 17.8 Å². The molecule has 3 N–H and O–H groups in total. The highest BCUT2D eigenvalue weighted by atomic mass is 32.2. The van der Waals surface area contributed by atoms with E-state index in [1.54, 1.807) is 6.07 Å². The Hall–Kier alpha value is -3.07. The minimum absolute atomic E-state index is 0.0837. The van der Waals surface area contributed by atoms with E-state index in [1.165, 1.54) is 28.6 Å². The van der Waals surface area contributed by atoms with Crippen LogP contribution in [0.15, 0.2) is 65.2 Å². The Morgan fingerprint density at radius 1 is 0.977 bits per heavy atom. The number of hydrogen-bond donors (Lipinski definition) is 2. The second-order valence-electron chi connectivity index (χ2n) is 13.3. The van der Waals surface area contributed by atoms with Gasteiger partial charge in [0.05, 0.1) is 16.9 Å². The quantitative estimate of drug-likeness (QED) is 0.132. The number of anilines is 1. The van der Waals surface area contributed by atoms with Gasteiger partial charge in [0.15, 0.2) is 5.71 Å². The monoisotopic (exact) mass is 620 g/mol. The Morgan fingerprint density at radius 3 is 2.36 bits per heavy atom. The topological polar surface area (TPSA) is 104 Å².